The number of halogens is 1. The third-order valence-electron chi connectivity index (χ3n) is 5.47. The third kappa shape index (κ3) is 3.98. The largest absolute Gasteiger partial charge is 0.380 e. The van der Waals surface area contributed by atoms with E-state index in [0.717, 1.165) is 6.20 Å². The standard InChI is InChI=1S/C19H23FN8O3/c1-25(2)11-14(29)26-5-7-27(8-6-26)19(31)17(30)12-9-21-16-15(12)13(20)10-22-18(16)28-4-3-23-24-28/h3-4,9-10,15-16,21H,5-8,11H2,1-2H3. The van der Waals surface area contributed by atoms with Crippen LogP contribution in [0.3, 0.4) is 0 Å². The lowest BCUT2D eigenvalue weighted by Crippen LogP contribution is -2.53. The number of carbonyl (C=O) groups is 3. The summed E-state index contributed by atoms with van der Waals surface area (Å²) in [4.78, 5) is 46.9. The molecule has 2 amide bonds. The number of Topliss-reactive ketones (excluding diaryl/α,β-unsaturated/α-hetero) is 1. The van der Waals surface area contributed by atoms with E-state index in [4.69, 9.17) is 0 Å². The molecule has 0 radical (unpaired) electrons. The number of piperazine rings is 1. The molecule has 2 atom stereocenters. The van der Waals surface area contributed by atoms with Crippen LogP contribution in [0.1, 0.15) is 0 Å². The van der Waals surface area contributed by atoms with E-state index in [-0.39, 0.29) is 31.1 Å². The van der Waals surface area contributed by atoms with Crippen molar-refractivity contribution in [3.63, 3.8) is 0 Å². The molecule has 2 unspecified atom stereocenters. The highest BCUT2D eigenvalue weighted by Crippen LogP contribution is 2.34. The van der Waals surface area contributed by atoms with Gasteiger partial charge in [0.15, 0.2) is 5.84 Å². The second kappa shape index (κ2) is 8.38. The Kier molecular flexibility index (Phi) is 5.63. The Morgan fingerprint density at radius 1 is 1.19 bits per heavy atom. The molecule has 164 valence electrons. The van der Waals surface area contributed by atoms with Crippen LogP contribution < -0.4 is 5.32 Å². The fourth-order valence-electron chi connectivity index (χ4n) is 3.90. The Hall–Kier alpha value is -3.41. The summed E-state index contributed by atoms with van der Waals surface area (Å²) in [5, 5.41) is 10.5. The second-order valence-corrected chi connectivity index (χ2v) is 7.81. The molecule has 1 fully saturated rings. The lowest BCUT2D eigenvalue weighted by Gasteiger charge is -2.35. The number of nitrogens with zero attached hydrogens (tertiary/aromatic N) is 7. The summed E-state index contributed by atoms with van der Waals surface area (Å²) in [6.45, 7) is 1.50. The van der Waals surface area contributed by atoms with Crippen LogP contribution in [0, 0.1) is 5.92 Å². The zero-order valence-electron chi connectivity index (χ0n) is 17.2. The highest BCUT2D eigenvalue weighted by atomic mass is 19.1. The first-order chi connectivity index (χ1) is 14.9. The Bertz CT molecular complexity index is 976. The van der Waals surface area contributed by atoms with Crippen molar-refractivity contribution in [1.29, 1.82) is 0 Å². The van der Waals surface area contributed by atoms with Gasteiger partial charge in [0.25, 0.3) is 5.91 Å². The van der Waals surface area contributed by atoms with E-state index in [1.54, 1.807) is 16.0 Å². The summed E-state index contributed by atoms with van der Waals surface area (Å²) in [5.74, 6) is -2.68. The van der Waals surface area contributed by atoms with Gasteiger partial charge in [-0.25, -0.2) is 14.1 Å². The number of hydrogen-bond acceptors (Lipinski definition) is 8. The zero-order chi connectivity index (χ0) is 22.1. The molecule has 3 aliphatic rings. The second-order valence-electron chi connectivity index (χ2n) is 7.81. The predicted octanol–water partition coefficient (Wildman–Crippen LogP) is -1.38. The van der Waals surface area contributed by atoms with Crippen LogP contribution in [-0.2, 0) is 14.4 Å². The molecule has 31 heavy (non-hydrogen) atoms. The van der Waals surface area contributed by atoms with Gasteiger partial charge in [-0.1, -0.05) is 5.21 Å². The SMILES string of the molecule is CN(C)CC(=O)N1CCN(C(=O)C(=O)C2=CNC3C(n4ccnn4)=NC=C(F)C23)CC1. The van der Waals surface area contributed by atoms with Crippen molar-refractivity contribution >= 4 is 23.4 Å². The van der Waals surface area contributed by atoms with Gasteiger partial charge in [0.1, 0.15) is 5.83 Å². The zero-order valence-corrected chi connectivity index (χ0v) is 17.2. The summed E-state index contributed by atoms with van der Waals surface area (Å²) in [5.41, 5.74) is 0.0439. The Morgan fingerprint density at radius 2 is 1.90 bits per heavy atom. The molecule has 12 heteroatoms. The van der Waals surface area contributed by atoms with Gasteiger partial charge in [0.05, 0.1) is 37.1 Å². The van der Waals surface area contributed by atoms with E-state index in [1.165, 1.54) is 22.0 Å². The summed E-state index contributed by atoms with van der Waals surface area (Å²) >= 11 is 0. The summed E-state index contributed by atoms with van der Waals surface area (Å²) < 4.78 is 16.0. The molecule has 0 spiro atoms. The minimum atomic E-state index is -0.962. The lowest BCUT2D eigenvalue weighted by atomic mass is 9.88. The molecule has 1 aromatic rings. The highest BCUT2D eigenvalue weighted by molar-refractivity contribution is 6.43. The summed E-state index contributed by atoms with van der Waals surface area (Å²) in [7, 11) is 3.62. The van der Waals surface area contributed by atoms with Gasteiger partial charge in [-0.05, 0) is 14.1 Å². The quantitative estimate of drug-likeness (QED) is 0.586. The van der Waals surface area contributed by atoms with E-state index < -0.39 is 29.5 Å². The fourth-order valence-corrected chi connectivity index (χ4v) is 3.90. The molecule has 0 aromatic carbocycles. The average molecular weight is 430 g/mol. The molecule has 3 aliphatic heterocycles. The van der Waals surface area contributed by atoms with Crippen LogP contribution in [0.4, 0.5) is 4.39 Å². The molecule has 11 nitrogen and oxygen atoms in total. The van der Waals surface area contributed by atoms with Crippen molar-refractivity contribution in [3.8, 4) is 0 Å². The number of nitrogens with one attached hydrogen (secondary N) is 1. The maximum absolute atomic E-state index is 14.6. The topological polar surface area (TPSA) is 116 Å². The Labute approximate surface area is 177 Å². The third-order valence-corrected chi connectivity index (χ3v) is 5.47. The molecular weight excluding hydrogens is 407 g/mol. The van der Waals surface area contributed by atoms with Crippen molar-refractivity contribution in [2.24, 2.45) is 10.9 Å². The molecule has 0 bridgehead atoms. The monoisotopic (exact) mass is 430 g/mol. The smallest absolute Gasteiger partial charge is 0.294 e. The number of amides is 2. The van der Waals surface area contributed by atoms with Gasteiger partial charge < -0.3 is 20.0 Å². The molecule has 1 saturated heterocycles. The van der Waals surface area contributed by atoms with Crippen molar-refractivity contribution in [2.45, 2.75) is 6.04 Å². The molecular formula is C19H23FN8O3. The van der Waals surface area contributed by atoms with Gasteiger partial charge >= 0.3 is 0 Å². The van der Waals surface area contributed by atoms with Crippen LogP contribution >= 0.6 is 0 Å². The number of ketones is 1. The molecule has 0 aliphatic carbocycles. The van der Waals surface area contributed by atoms with E-state index >= 15 is 0 Å². The van der Waals surface area contributed by atoms with Gasteiger partial charge in [0, 0.05) is 38.0 Å². The minimum Gasteiger partial charge on any atom is -0.380 e. The first kappa shape index (κ1) is 20.8. The maximum Gasteiger partial charge on any atom is 0.294 e. The lowest BCUT2D eigenvalue weighted by molar-refractivity contribution is -0.146. The number of rotatable bonds is 4. The van der Waals surface area contributed by atoms with Gasteiger partial charge in [-0.3, -0.25) is 14.4 Å². The highest BCUT2D eigenvalue weighted by Gasteiger charge is 2.44. The first-order valence-electron chi connectivity index (χ1n) is 9.89. The fraction of sp³-hybridized carbons (Fsp3) is 0.474. The van der Waals surface area contributed by atoms with Gasteiger partial charge in [-0.2, -0.15) is 0 Å². The molecule has 0 saturated carbocycles. The number of fused-ring (bicyclic) bond motifs is 1. The molecule has 4 heterocycles. The molecule has 1 aromatic heterocycles. The van der Waals surface area contributed by atoms with Crippen molar-refractivity contribution < 1.29 is 18.8 Å². The van der Waals surface area contributed by atoms with Crippen LogP contribution in [0.15, 0.2) is 41.2 Å². The van der Waals surface area contributed by atoms with Crippen LogP contribution in [-0.4, -0.2) is 106 Å². The predicted molar refractivity (Wildman–Crippen MR) is 107 cm³/mol. The minimum absolute atomic E-state index is 0.0247. The van der Waals surface area contributed by atoms with Crippen LogP contribution in [0.2, 0.25) is 0 Å². The van der Waals surface area contributed by atoms with E-state index in [9.17, 15) is 18.8 Å². The maximum atomic E-state index is 14.6. The number of carbonyl (C=O) groups excluding carboxylic acids is 3. The van der Waals surface area contributed by atoms with E-state index in [2.05, 4.69) is 20.6 Å². The van der Waals surface area contributed by atoms with E-state index in [0.29, 0.717) is 18.9 Å². The van der Waals surface area contributed by atoms with Crippen LogP contribution in [0.5, 0.6) is 0 Å². The van der Waals surface area contributed by atoms with Crippen molar-refractivity contribution in [1.82, 2.24) is 35.0 Å². The Morgan fingerprint density at radius 3 is 2.55 bits per heavy atom. The molecule has 1 N–H and O–H groups in total. The van der Waals surface area contributed by atoms with Crippen molar-refractivity contribution in [2.75, 3.05) is 46.8 Å². The number of likely N-dealkylation sites (N-methyl/N-ethyl adjacent to an activating group) is 1. The number of aromatic nitrogens is 3. The number of aliphatic imine (C=N–C) groups is 1. The average Bonchev–Trinajstić information content (AvgIpc) is 3.43. The normalized spacial score (nSPS) is 23.0. The van der Waals surface area contributed by atoms with Gasteiger partial charge in [-0.15, -0.1) is 5.10 Å². The van der Waals surface area contributed by atoms with Crippen LogP contribution in [0.25, 0.3) is 0 Å². The number of hydrogen-bond donors (Lipinski definition) is 1. The first-order valence-corrected chi connectivity index (χ1v) is 9.89. The van der Waals surface area contributed by atoms with Crippen molar-refractivity contribution in [3.05, 3.63) is 36.2 Å². The summed E-state index contributed by atoms with van der Waals surface area (Å²) in [6.07, 6.45) is 5.44. The van der Waals surface area contributed by atoms with Gasteiger partial charge in [0.2, 0.25) is 11.7 Å². The Balaban J connectivity index is 1.41. The summed E-state index contributed by atoms with van der Waals surface area (Å²) in [6, 6.07) is -0.668. The molecule has 4 rings (SSSR count). The van der Waals surface area contributed by atoms with E-state index in [1.807, 2.05) is 14.1 Å².